The van der Waals surface area contributed by atoms with Gasteiger partial charge in [-0.05, 0) is 30.5 Å². The topological polar surface area (TPSA) is 21.3 Å². The van der Waals surface area contributed by atoms with Crippen LogP contribution >= 0.6 is 12.4 Å². The Morgan fingerprint density at radius 2 is 1.75 bits per heavy atom. The van der Waals surface area contributed by atoms with Crippen LogP contribution in [0.4, 0.5) is 0 Å². The van der Waals surface area contributed by atoms with Gasteiger partial charge in [0.25, 0.3) is 0 Å². The molecule has 0 unspecified atom stereocenters. The molecule has 1 aromatic rings. The molecule has 1 aromatic carbocycles. The summed E-state index contributed by atoms with van der Waals surface area (Å²) in [6, 6.07) is 8.88. The smallest absolute Gasteiger partial charge is 0.148 e. The van der Waals surface area contributed by atoms with Crippen molar-refractivity contribution in [3.8, 4) is 18.1 Å². The lowest BCUT2D eigenvalue weighted by Crippen LogP contribution is -2.27. The Morgan fingerprint density at radius 3 is 2.35 bits per heavy atom. The highest BCUT2D eigenvalue weighted by Crippen LogP contribution is 2.18. The molecule has 2 rings (SSSR count). The molecule has 3 heteroatoms. The molecular weight excluding hydrogens is 270 g/mol. The van der Waals surface area contributed by atoms with E-state index in [2.05, 4.69) is 23.4 Å². The van der Waals surface area contributed by atoms with Crippen LogP contribution in [-0.4, -0.2) is 12.6 Å². The van der Waals surface area contributed by atoms with Gasteiger partial charge in [0.1, 0.15) is 12.4 Å². The van der Waals surface area contributed by atoms with Crippen LogP contribution in [0, 0.1) is 12.3 Å². The van der Waals surface area contributed by atoms with Crippen LogP contribution in [0.2, 0.25) is 0 Å². The highest BCUT2D eigenvalue weighted by molar-refractivity contribution is 5.85. The van der Waals surface area contributed by atoms with Gasteiger partial charge < -0.3 is 10.1 Å². The SMILES string of the molecule is C#CCOc1ccc(CNC2CCCCCC2)cc1.Cl. The van der Waals surface area contributed by atoms with Crippen molar-refractivity contribution in [3.63, 3.8) is 0 Å². The van der Waals surface area contributed by atoms with Gasteiger partial charge in [0.2, 0.25) is 0 Å². The van der Waals surface area contributed by atoms with E-state index in [0.29, 0.717) is 12.6 Å². The molecule has 0 saturated heterocycles. The van der Waals surface area contributed by atoms with Crippen molar-refractivity contribution in [3.05, 3.63) is 29.8 Å². The first-order chi connectivity index (χ1) is 9.38. The fourth-order valence-corrected chi connectivity index (χ4v) is 2.57. The molecule has 1 N–H and O–H groups in total. The summed E-state index contributed by atoms with van der Waals surface area (Å²) in [4.78, 5) is 0. The maximum absolute atomic E-state index is 5.36. The second kappa shape index (κ2) is 9.69. The molecular formula is C17H24ClNO. The van der Waals surface area contributed by atoms with Gasteiger partial charge in [-0.25, -0.2) is 0 Å². The molecule has 0 aliphatic heterocycles. The molecule has 110 valence electrons. The number of terminal acetylenes is 1. The lowest BCUT2D eigenvalue weighted by atomic mass is 10.1. The van der Waals surface area contributed by atoms with Gasteiger partial charge in [0.05, 0.1) is 0 Å². The van der Waals surface area contributed by atoms with E-state index in [1.54, 1.807) is 0 Å². The minimum atomic E-state index is 0. The van der Waals surface area contributed by atoms with Gasteiger partial charge >= 0.3 is 0 Å². The molecule has 0 atom stereocenters. The van der Waals surface area contributed by atoms with Crippen molar-refractivity contribution < 1.29 is 4.74 Å². The third-order valence-corrected chi connectivity index (χ3v) is 3.70. The van der Waals surface area contributed by atoms with Gasteiger partial charge in [0, 0.05) is 12.6 Å². The largest absolute Gasteiger partial charge is 0.481 e. The monoisotopic (exact) mass is 293 g/mol. The van der Waals surface area contributed by atoms with Gasteiger partial charge in [-0.15, -0.1) is 18.8 Å². The van der Waals surface area contributed by atoms with Gasteiger partial charge in [-0.3, -0.25) is 0 Å². The second-order valence-corrected chi connectivity index (χ2v) is 5.21. The normalized spacial score (nSPS) is 15.8. The summed E-state index contributed by atoms with van der Waals surface area (Å²) in [5.41, 5.74) is 1.30. The predicted molar refractivity (Wildman–Crippen MR) is 86.3 cm³/mol. The molecule has 0 bridgehead atoms. The maximum Gasteiger partial charge on any atom is 0.148 e. The average Bonchev–Trinajstić information content (AvgIpc) is 2.72. The maximum atomic E-state index is 5.36. The summed E-state index contributed by atoms with van der Waals surface area (Å²) in [5, 5.41) is 3.67. The van der Waals surface area contributed by atoms with Crippen molar-refractivity contribution in [2.75, 3.05) is 6.61 Å². The lowest BCUT2D eigenvalue weighted by Gasteiger charge is -2.16. The van der Waals surface area contributed by atoms with Crippen LogP contribution < -0.4 is 10.1 Å². The number of rotatable bonds is 5. The Balaban J connectivity index is 0.00000200. The molecule has 20 heavy (non-hydrogen) atoms. The van der Waals surface area contributed by atoms with Crippen LogP contribution in [0.5, 0.6) is 5.75 Å². The molecule has 0 radical (unpaired) electrons. The third-order valence-electron chi connectivity index (χ3n) is 3.70. The highest BCUT2D eigenvalue weighted by atomic mass is 35.5. The van der Waals surface area contributed by atoms with E-state index in [1.165, 1.54) is 44.1 Å². The van der Waals surface area contributed by atoms with Crippen LogP contribution in [0.15, 0.2) is 24.3 Å². The van der Waals surface area contributed by atoms with Crippen LogP contribution in [0.25, 0.3) is 0 Å². The Morgan fingerprint density at radius 1 is 1.10 bits per heavy atom. The molecule has 2 nitrogen and oxygen atoms in total. The van der Waals surface area contributed by atoms with Crippen LogP contribution in [0.1, 0.15) is 44.1 Å². The van der Waals surface area contributed by atoms with E-state index >= 15 is 0 Å². The average molecular weight is 294 g/mol. The number of benzene rings is 1. The van der Waals surface area contributed by atoms with E-state index in [-0.39, 0.29) is 12.4 Å². The number of nitrogens with one attached hydrogen (secondary N) is 1. The van der Waals surface area contributed by atoms with E-state index in [0.717, 1.165) is 12.3 Å². The quantitative estimate of drug-likeness (QED) is 0.656. The second-order valence-electron chi connectivity index (χ2n) is 5.21. The van der Waals surface area contributed by atoms with Gasteiger partial charge in [-0.2, -0.15) is 0 Å². The fourth-order valence-electron chi connectivity index (χ4n) is 2.57. The lowest BCUT2D eigenvalue weighted by molar-refractivity contribution is 0.370. The van der Waals surface area contributed by atoms with Crippen molar-refractivity contribution in [1.82, 2.24) is 5.32 Å². The van der Waals surface area contributed by atoms with Crippen molar-refractivity contribution in [2.45, 2.75) is 51.1 Å². The standard InChI is InChI=1S/C17H23NO.ClH/c1-2-13-19-17-11-9-15(10-12-17)14-18-16-7-5-3-4-6-8-16;/h1,9-12,16,18H,3-8,13-14H2;1H. The molecule has 0 spiro atoms. The van der Waals surface area contributed by atoms with Crippen molar-refractivity contribution in [2.24, 2.45) is 0 Å². The number of hydrogen-bond acceptors (Lipinski definition) is 2. The first-order valence-corrected chi connectivity index (χ1v) is 7.27. The summed E-state index contributed by atoms with van der Waals surface area (Å²) >= 11 is 0. The summed E-state index contributed by atoms with van der Waals surface area (Å²) in [7, 11) is 0. The zero-order valence-corrected chi connectivity index (χ0v) is 12.8. The Hall–Kier alpha value is -1.17. The Bertz CT molecular complexity index is 402. The van der Waals surface area contributed by atoms with Gasteiger partial charge in [0.15, 0.2) is 0 Å². The van der Waals surface area contributed by atoms with Crippen molar-refractivity contribution >= 4 is 12.4 Å². The summed E-state index contributed by atoms with van der Waals surface area (Å²) in [5.74, 6) is 3.31. The third kappa shape index (κ3) is 5.86. The molecule has 1 aliphatic carbocycles. The molecule has 1 fully saturated rings. The summed E-state index contributed by atoms with van der Waals surface area (Å²) in [6.07, 6.45) is 13.4. The predicted octanol–water partition coefficient (Wildman–Crippen LogP) is 3.93. The molecule has 1 aliphatic rings. The summed E-state index contributed by atoms with van der Waals surface area (Å²) < 4.78 is 5.36. The minimum Gasteiger partial charge on any atom is -0.481 e. The molecule has 0 heterocycles. The summed E-state index contributed by atoms with van der Waals surface area (Å²) in [6.45, 7) is 1.28. The molecule has 0 aromatic heterocycles. The van der Waals surface area contributed by atoms with E-state index in [9.17, 15) is 0 Å². The zero-order valence-electron chi connectivity index (χ0n) is 11.9. The first kappa shape index (κ1) is 16.9. The Labute approximate surface area is 128 Å². The Kier molecular flexibility index (Phi) is 8.18. The fraction of sp³-hybridized carbons (Fsp3) is 0.529. The number of hydrogen-bond donors (Lipinski definition) is 1. The van der Waals surface area contributed by atoms with E-state index < -0.39 is 0 Å². The zero-order chi connectivity index (χ0) is 13.3. The first-order valence-electron chi connectivity index (χ1n) is 7.27. The number of halogens is 1. The molecule has 0 amide bonds. The number of ether oxygens (including phenoxy) is 1. The van der Waals surface area contributed by atoms with E-state index in [4.69, 9.17) is 11.2 Å². The van der Waals surface area contributed by atoms with Crippen LogP contribution in [0.3, 0.4) is 0 Å². The van der Waals surface area contributed by atoms with E-state index in [1.807, 2.05) is 12.1 Å². The highest BCUT2D eigenvalue weighted by Gasteiger charge is 2.11. The minimum absolute atomic E-state index is 0. The van der Waals surface area contributed by atoms with Crippen molar-refractivity contribution in [1.29, 1.82) is 0 Å². The molecule has 1 saturated carbocycles. The van der Waals surface area contributed by atoms with Gasteiger partial charge in [-0.1, -0.05) is 43.7 Å². The van der Waals surface area contributed by atoms with Crippen LogP contribution in [-0.2, 0) is 6.54 Å².